The first-order valence-corrected chi connectivity index (χ1v) is 10.3. The number of rotatable bonds is 5. The van der Waals surface area contributed by atoms with Crippen molar-refractivity contribution in [1.82, 2.24) is 0 Å². The van der Waals surface area contributed by atoms with Crippen molar-refractivity contribution in [2.45, 2.75) is 25.3 Å². The summed E-state index contributed by atoms with van der Waals surface area (Å²) in [4.78, 5) is 0. The SMILES string of the molecule is C=CCCCC[Si-]12(Oc3ccccc3O1)Oc1ccccc1O2. The fourth-order valence-corrected chi connectivity index (χ4v) is 6.98. The average Bonchev–Trinajstić information content (AvgIpc) is 3.06. The van der Waals surface area contributed by atoms with Crippen LogP contribution in [-0.4, -0.2) is 8.33 Å². The quantitative estimate of drug-likeness (QED) is 0.454. The third-order valence-corrected chi connectivity index (χ3v) is 7.80. The Balaban J connectivity index is 1.68. The van der Waals surface area contributed by atoms with Crippen molar-refractivity contribution in [2.24, 2.45) is 0 Å². The molecule has 4 nitrogen and oxygen atoms in total. The van der Waals surface area contributed by atoms with Gasteiger partial charge in [0.25, 0.3) is 0 Å². The Morgan fingerprint density at radius 1 is 0.739 bits per heavy atom. The molecule has 0 radical (unpaired) electrons. The summed E-state index contributed by atoms with van der Waals surface area (Å²) < 4.78 is 25.1. The van der Waals surface area contributed by atoms with Crippen LogP contribution in [0.15, 0.2) is 61.2 Å². The first-order chi connectivity index (χ1) is 11.2. The third-order valence-electron chi connectivity index (χ3n) is 4.17. The summed E-state index contributed by atoms with van der Waals surface area (Å²) >= 11 is 0. The van der Waals surface area contributed by atoms with Gasteiger partial charge in [-0.3, -0.25) is 0 Å². The van der Waals surface area contributed by atoms with Crippen LogP contribution < -0.4 is 17.7 Å². The van der Waals surface area contributed by atoms with E-state index in [0.29, 0.717) is 29.0 Å². The molecule has 23 heavy (non-hydrogen) atoms. The summed E-state index contributed by atoms with van der Waals surface area (Å²) in [7, 11) is -4.00. The van der Waals surface area contributed by atoms with Crippen LogP contribution >= 0.6 is 0 Å². The van der Waals surface area contributed by atoms with E-state index < -0.39 is 8.33 Å². The predicted octanol–water partition coefficient (Wildman–Crippen LogP) is 4.68. The second kappa shape index (κ2) is 5.06. The molecular weight excluding hydrogens is 308 g/mol. The molecule has 4 rings (SSSR count). The summed E-state index contributed by atoms with van der Waals surface area (Å²) in [5.74, 6) is 2.77. The minimum atomic E-state index is -4.00. The monoisotopic (exact) mass is 327 g/mol. The van der Waals surface area contributed by atoms with Gasteiger partial charge in [0, 0.05) is 0 Å². The standard InChI is InChI=1S/C18H19O4Si/c1-2-3-4-9-14-23(19-15-10-5-6-11-16(15)20-23)21-17-12-7-8-13-18(17)22-23/h2,5-8,10-13H,1,3-4,9,14H2/q-1. The predicted molar refractivity (Wildman–Crippen MR) is 90.0 cm³/mol. The average molecular weight is 327 g/mol. The summed E-state index contributed by atoms with van der Waals surface area (Å²) in [6.45, 7) is 3.77. The van der Waals surface area contributed by atoms with Gasteiger partial charge in [-0.2, -0.15) is 0 Å². The van der Waals surface area contributed by atoms with Gasteiger partial charge in [-0.1, -0.05) is 0 Å². The summed E-state index contributed by atoms with van der Waals surface area (Å²) in [6.07, 6.45) is 4.76. The first-order valence-electron chi connectivity index (χ1n) is 7.96. The zero-order chi connectivity index (χ0) is 15.8. The molecule has 0 aliphatic carbocycles. The third kappa shape index (κ3) is 2.28. The Labute approximate surface area is 136 Å². The van der Waals surface area contributed by atoms with E-state index in [1.165, 1.54) is 0 Å². The van der Waals surface area contributed by atoms with Crippen molar-refractivity contribution in [1.29, 1.82) is 0 Å². The Bertz CT molecular complexity index is 645. The number of allylic oxidation sites excluding steroid dienone is 1. The van der Waals surface area contributed by atoms with Crippen molar-refractivity contribution >= 4 is 8.33 Å². The van der Waals surface area contributed by atoms with E-state index in [1.54, 1.807) is 0 Å². The molecule has 2 aliphatic heterocycles. The second-order valence-corrected chi connectivity index (χ2v) is 9.38. The van der Waals surface area contributed by atoms with Crippen LogP contribution in [-0.2, 0) is 0 Å². The van der Waals surface area contributed by atoms with E-state index in [4.69, 9.17) is 17.7 Å². The first kappa shape index (κ1) is 14.2. The maximum absolute atomic E-state index is 6.27. The van der Waals surface area contributed by atoms with Gasteiger partial charge in [0.1, 0.15) is 0 Å². The van der Waals surface area contributed by atoms with Crippen molar-refractivity contribution in [3.63, 3.8) is 0 Å². The van der Waals surface area contributed by atoms with Crippen molar-refractivity contribution in [3.8, 4) is 23.0 Å². The molecule has 0 saturated heterocycles. The molecule has 0 saturated carbocycles. The van der Waals surface area contributed by atoms with E-state index >= 15 is 0 Å². The molecule has 120 valence electrons. The van der Waals surface area contributed by atoms with Crippen molar-refractivity contribution in [3.05, 3.63) is 61.2 Å². The molecule has 2 aromatic carbocycles. The van der Waals surface area contributed by atoms with Gasteiger partial charge in [0.15, 0.2) is 0 Å². The molecule has 0 fully saturated rings. The van der Waals surface area contributed by atoms with Crippen LogP contribution in [0.1, 0.15) is 19.3 Å². The van der Waals surface area contributed by atoms with E-state index in [1.807, 2.05) is 54.6 Å². The number of hydrogen-bond donors (Lipinski definition) is 0. The minimum absolute atomic E-state index is 0.608. The number of hydrogen-bond acceptors (Lipinski definition) is 4. The summed E-state index contributed by atoms with van der Waals surface area (Å²) in [5.41, 5.74) is 0. The Morgan fingerprint density at radius 2 is 1.17 bits per heavy atom. The molecule has 0 N–H and O–H groups in total. The van der Waals surface area contributed by atoms with Gasteiger partial charge >= 0.3 is 136 Å². The molecule has 0 atom stereocenters. The number of para-hydroxylation sites is 4. The van der Waals surface area contributed by atoms with Crippen LogP contribution in [0.4, 0.5) is 0 Å². The van der Waals surface area contributed by atoms with E-state index in [-0.39, 0.29) is 0 Å². The van der Waals surface area contributed by atoms with Gasteiger partial charge in [0.2, 0.25) is 0 Å². The van der Waals surface area contributed by atoms with E-state index in [2.05, 4.69) is 6.58 Å². The Hall–Kier alpha value is -2.40. The Kier molecular flexibility index (Phi) is 3.13. The van der Waals surface area contributed by atoms with Gasteiger partial charge in [-0.05, 0) is 0 Å². The van der Waals surface area contributed by atoms with Crippen molar-refractivity contribution < 1.29 is 17.7 Å². The number of unbranched alkanes of at least 4 members (excludes halogenated alkanes) is 2. The molecule has 0 bridgehead atoms. The molecule has 0 aromatic heterocycles. The van der Waals surface area contributed by atoms with Crippen molar-refractivity contribution in [2.75, 3.05) is 0 Å². The van der Waals surface area contributed by atoms with Crippen LogP contribution in [0.3, 0.4) is 0 Å². The van der Waals surface area contributed by atoms with Gasteiger partial charge in [0.05, 0.1) is 0 Å². The van der Waals surface area contributed by atoms with Crippen LogP contribution in [0.5, 0.6) is 23.0 Å². The van der Waals surface area contributed by atoms with Crippen LogP contribution in [0.2, 0.25) is 6.04 Å². The molecule has 0 amide bonds. The fraction of sp³-hybridized carbons (Fsp3) is 0.222. The van der Waals surface area contributed by atoms with Gasteiger partial charge < -0.3 is 0 Å². The number of benzene rings is 2. The van der Waals surface area contributed by atoms with E-state index in [0.717, 1.165) is 19.3 Å². The van der Waals surface area contributed by atoms with Crippen LogP contribution in [0, 0.1) is 0 Å². The molecule has 5 heteroatoms. The molecule has 2 aliphatic rings. The zero-order valence-corrected chi connectivity index (χ0v) is 13.9. The van der Waals surface area contributed by atoms with Crippen LogP contribution in [0.25, 0.3) is 0 Å². The maximum atomic E-state index is 6.27. The normalized spacial score (nSPS) is 19.9. The second-order valence-electron chi connectivity index (χ2n) is 5.91. The zero-order valence-electron chi connectivity index (χ0n) is 12.9. The fourth-order valence-electron chi connectivity index (χ4n) is 3.12. The summed E-state index contributed by atoms with van der Waals surface area (Å²) in [5, 5.41) is 0. The Morgan fingerprint density at radius 3 is 1.57 bits per heavy atom. The number of fused-ring (bicyclic) bond motifs is 2. The molecule has 1 spiro atoms. The molecule has 2 aromatic rings. The topological polar surface area (TPSA) is 36.9 Å². The van der Waals surface area contributed by atoms with E-state index in [9.17, 15) is 0 Å². The molecule has 2 heterocycles. The van der Waals surface area contributed by atoms with Gasteiger partial charge in [-0.25, -0.2) is 0 Å². The molecule has 0 unspecified atom stereocenters. The summed E-state index contributed by atoms with van der Waals surface area (Å²) in [6, 6.07) is 15.9. The molecular formula is C18H19O4Si-. The van der Waals surface area contributed by atoms with Gasteiger partial charge in [-0.15, -0.1) is 0 Å².